The second-order valence-electron chi connectivity index (χ2n) is 6.66. The molecule has 33 heavy (non-hydrogen) atoms. The van der Waals surface area contributed by atoms with E-state index in [4.69, 9.17) is 27.3 Å². The molecule has 0 saturated carbocycles. The van der Waals surface area contributed by atoms with E-state index in [1.165, 1.54) is 23.5 Å². The lowest BCUT2D eigenvalue weighted by molar-refractivity contribution is 0.0435. The van der Waals surface area contributed by atoms with Crippen LogP contribution in [0.15, 0.2) is 78.5 Å². The summed E-state index contributed by atoms with van der Waals surface area (Å²) in [5.41, 5.74) is 7.01. The van der Waals surface area contributed by atoms with Crippen molar-refractivity contribution >= 4 is 33.1 Å². The third kappa shape index (κ3) is 4.44. The number of nitrogens with zero attached hydrogens (tertiary/aromatic N) is 5. The Morgan fingerprint density at radius 1 is 1.03 bits per heavy atom. The Hall–Kier alpha value is -4.11. The van der Waals surface area contributed by atoms with Crippen LogP contribution in [0.4, 0.5) is 11.5 Å². The zero-order chi connectivity index (χ0) is 23.6. The quantitative estimate of drug-likeness (QED) is 0.560. The molecule has 0 spiro atoms. The van der Waals surface area contributed by atoms with E-state index < -0.39 is 10.0 Å². The molecular formula is C21H16ClN7O3S. The Bertz CT molecular complexity index is 1420. The van der Waals surface area contributed by atoms with E-state index >= 15 is 0 Å². The molecule has 0 bridgehead atoms. The highest BCUT2D eigenvalue weighted by Crippen LogP contribution is 2.38. The smallest absolute Gasteiger partial charge is 0.238 e. The van der Waals surface area contributed by atoms with Crippen LogP contribution in [0, 0.1) is 11.3 Å². The molecule has 0 unspecified atom stereocenters. The van der Waals surface area contributed by atoms with Crippen LogP contribution in [0.1, 0.15) is 5.56 Å². The summed E-state index contributed by atoms with van der Waals surface area (Å²) in [4.78, 5) is 15.4. The molecule has 1 aliphatic rings. The van der Waals surface area contributed by atoms with E-state index in [0.29, 0.717) is 5.69 Å². The fraction of sp³-hybridized carbons (Fsp3) is 0. The fourth-order valence-corrected chi connectivity index (χ4v) is 4.11. The number of hydrogen-bond acceptors (Lipinski definition) is 9. The first-order valence-electron chi connectivity index (χ1n) is 9.32. The van der Waals surface area contributed by atoms with Crippen molar-refractivity contribution in [1.82, 2.24) is 15.0 Å². The number of rotatable bonds is 5. The zero-order valence-electron chi connectivity index (χ0n) is 16.8. The second-order valence-corrected chi connectivity index (χ2v) is 8.60. The third-order valence-electron chi connectivity index (χ3n) is 4.59. The number of nitriles is 1. The lowest BCUT2D eigenvalue weighted by Crippen LogP contribution is -2.23. The molecule has 4 rings (SSSR count). The van der Waals surface area contributed by atoms with Gasteiger partial charge in [-0.2, -0.15) is 10.3 Å². The van der Waals surface area contributed by atoms with E-state index in [9.17, 15) is 13.7 Å². The van der Waals surface area contributed by atoms with Gasteiger partial charge < -0.3 is 15.5 Å². The minimum atomic E-state index is -4.10. The van der Waals surface area contributed by atoms with Crippen LogP contribution >= 0.6 is 11.6 Å². The first kappa shape index (κ1) is 22.1. The Morgan fingerprint density at radius 2 is 1.73 bits per heavy atom. The van der Waals surface area contributed by atoms with E-state index in [2.05, 4.69) is 9.97 Å². The Balaban J connectivity index is 1.71. The number of benzene rings is 2. The number of halogens is 1. The van der Waals surface area contributed by atoms with E-state index in [-0.39, 0.29) is 38.3 Å². The number of nitrogen functional groups attached to an aromatic ring is 1. The molecule has 1 aromatic heterocycles. The van der Waals surface area contributed by atoms with Gasteiger partial charge in [-0.05, 0) is 24.3 Å². The second kappa shape index (κ2) is 8.79. The standard InChI is InChI=1S/C21H16ClN7O3S/c22-15-3-1-5-17(14(15)13-23)32-29-11-9-28(10-12-29)16-4-2-6-18(33(25,30)31)19(16)20-21(24)27-8-7-26-20/h1-12H,(H2,24,27)(H2,25,30,31). The van der Waals surface area contributed by atoms with Crippen molar-refractivity contribution in [1.29, 1.82) is 5.26 Å². The average Bonchev–Trinajstić information content (AvgIpc) is 2.79. The first-order chi connectivity index (χ1) is 15.8. The van der Waals surface area contributed by atoms with Crippen molar-refractivity contribution in [3.05, 3.63) is 84.2 Å². The van der Waals surface area contributed by atoms with Crippen LogP contribution in [0.25, 0.3) is 11.3 Å². The van der Waals surface area contributed by atoms with Crippen molar-refractivity contribution < 1.29 is 13.3 Å². The molecule has 0 radical (unpaired) electrons. The zero-order valence-corrected chi connectivity index (χ0v) is 18.4. The maximum Gasteiger partial charge on any atom is 0.238 e. The number of hydrogen-bond donors (Lipinski definition) is 2. The summed E-state index contributed by atoms with van der Waals surface area (Å²) >= 11 is 6.04. The molecule has 2 aromatic carbocycles. The highest BCUT2D eigenvalue weighted by atomic mass is 35.5. The van der Waals surface area contributed by atoms with Crippen molar-refractivity contribution in [3.8, 4) is 23.1 Å². The number of aromatic nitrogens is 2. The van der Waals surface area contributed by atoms with Crippen LogP contribution in [-0.4, -0.2) is 23.4 Å². The van der Waals surface area contributed by atoms with Gasteiger partial charge in [0.2, 0.25) is 10.0 Å². The van der Waals surface area contributed by atoms with Gasteiger partial charge in [-0.15, -0.1) is 0 Å². The SMILES string of the molecule is N#Cc1c(Cl)cccc1ON1C=CN(c2cccc(S(N)(=O)=O)c2-c2nccnc2N)C=C1. The Labute approximate surface area is 194 Å². The van der Waals surface area contributed by atoms with Gasteiger partial charge in [0.25, 0.3) is 0 Å². The molecule has 0 fully saturated rings. The van der Waals surface area contributed by atoms with Gasteiger partial charge in [-0.25, -0.2) is 18.5 Å². The summed E-state index contributed by atoms with van der Waals surface area (Å²) in [6.45, 7) is 0. The van der Waals surface area contributed by atoms with Crippen LogP contribution < -0.4 is 20.6 Å². The summed E-state index contributed by atoms with van der Waals surface area (Å²) in [5, 5.41) is 16.4. The van der Waals surface area contributed by atoms with Crippen LogP contribution in [0.3, 0.4) is 0 Å². The number of nitrogens with two attached hydrogens (primary N) is 2. The van der Waals surface area contributed by atoms with Gasteiger partial charge in [-0.3, -0.25) is 4.98 Å². The largest absolute Gasteiger partial charge is 0.382 e. The van der Waals surface area contributed by atoms with Gasteiger partial charge in [0.1, 0.15) is 23.1 Å². The Morgan fingerprint density at radius 3 is 2.39 bits per heavy atom. The maximum atomic E-state index is 12.3. The number of hydroxylamine groups is 2. The molecule has 4 N–H and O–H groups in total. The first-order valence-corrected chi connectivity index (χ1v) is 11.2. The van der Waals surface area contributed by atoms with Crippen LogP contribution in [0.5, 0.6) is 5.75 Å². The maximum absolute atomic E-state index is 12.3. The lowest BCUT2D eigenvalue weighted by atomic mass is 10.1. The molecule has 10 nitrogen and oxygen atoms in total. The van der Waals surface area contributed by atoms with Gasteiger partial charge in [0, 0.05) is 30.4 Å². The van der Waals surface area contributed by atoms with Crippen molar-refractivity contribution in [2.45, 2.75) is 4.90 Å². The normalized spacial score (nSPS) is 13.1. The summed E-state index contributed by atoms with van der Waals surface area (Å²) < 4.78 is 24.6. The van der Waals surface area contributed by atoms with E-state index in [1.807, 2.05) is 6.07 Å². The molecule has 2 heterocycles. The lowest BCUT2D eigenvalue weighted by Gasteiger charge is -2.27. The predicted octanol–water partition coefficient (Wildman–Crippen LogP) is 2.96. The third-order valence-corrected chi connectivity index (χ3v) is 5.86. The molecule has 0 saturated heterocycles. The van der Waals surface area contributed by atoms with Gasteiger partial charge in [0.15, 0.2) is 5.75 Å². The molecule has 0 amide bonds. The topological polar surface area (TPSA) is 151 Å². The monoisotopic (exact) mass is 481 g/mol. The fourth-order valence-electron chi connectivity index (χ4n) is 3.15. The van der Waals surface area contributed by atoms with Gasteiger partial charge >= 0.3 is 0 Å². The van der Waals surface area contributed by atoms with Crippen LogP contribution in [-0.2, 0) is 10.0 Å². The minimum Gasteiger partial charge on any atom is -0.382 e. The highest BCUT2D eigenvalue weighted by molar-refractivity contribution is 7.89. The minimum absolute atomic E-state index is 0.0507. The summed E-state index contributed by atoms with van der Waals surface area (Å²) in [5.74, 6) is 0.326. The molecule has 12 heteroatoms. The Kier molecular flexibility index (Phi) is 5.89. The molecule has 166 valence electrons. The summed E-state index contributed by atoms with van der Waals surface area (Å²) in [7, 11) is -4.10. The highest BCUT2D eigenvalue weighted by Gasteiger charge is 2.24. The van der Waals surface area contributed by atoms with Crippen molar-refractivity contribution in [2.75, 3.05) is 10.6 Å². The van der Waals surface area contributed by atoms with E-state index in [0.717, 1.165) is 0 Å². The molecule has 3 aromatic rings. The van der Waals surface area contributed by atoms with Crippen molar-refractivity contribution in [3.63, 3.8) is 0 Å². The van der Waals surface area contributed by atoms with E-state index in [1.54, 1.807) is 60.0 Å². The number of primary sulfonamides is 1. The predicted molar refractivity (Wildman–Crippen MR) is 123 cm³/mol. The van der Waals surface area contributed by atoms with Crippen molar-refractivity contribution in [2.24, 2.45) is 5.14 Å². The van der Waals surface area contributed by atoms with Gasteiger partial charge in [-0.1, -0.05) is 23.7 Å². The summed E-state index contributed by atoms with van der Waals surface area (Å²) in [6.07, 6.45) is 9.18. The average molecular weight is 482 g/mol. The molecule has 1 aliphatic heterocycles. The van der Waals surface area contributed by atoms with Gasteiger partial charge in [0.05, 0.1) is 28.0 Å². The number of anilines is 2. The summed E-state index contributed by atoms with van der Waals surface area (Å²) in [6, 6.07) is 11.5. The number of sulfonamides is 1. The molecule has 0 aliphatic carbocycles. The molecular weight excluding hydrogens is 466 g/mol. The molecule has 0 atom stereocenters. The van der Waals surface area contributed by atoms with Crippen LogP contribution in [0.2, 0.25) is 5.02 Å².